The lowest BCUT2D eigenvalue weighted by molar-refractivity contribution is 0.415. The van der Waals surface area contributed by atoms with Crippen LogP contribution in [0.2, 0.25) is 0 Å². The van der Waals surface area contributed by atoms with Crippen LogP contribution in [-0.2, 0) is 0 Å². The summed E-state index contributed by atoms with van der Waals surface area (Å²) >= 11 is 8.57. The molecule has 3 rings (SSSR count). The number of thiophene rings is 1. The first-order valence-corrected chi connectivity index (χ1v) is 8.35. The van der Waals surface area contributed by atoms with Gasteiger partial charge in [0, 0.05) is 5.56 Å². The summed E-state index contributed by atoms with van der Waals surface area (Å²) in [5.41, 5.74) is 8.61. The Morgan fingerprint density at radius 1 is 1.24 bits per heavy atom. The number of aromatic nitrogens is 1. The molecule has 0 unspecified atom stereocenters. The second kappa shape index (κ2) is 5.82. The van der Waals surface area contributed by atoms with Crippen molar-refractivity contribution in [1.29, 1.82) is 0 Å². The van der Waals surface area contributed by atoms with E-state index in [0.29, 0.717) is 11.6 Å². The molecule has 0 radical (unpaired) electrons. The Morgan fingerprint density at radius 2 is 1.95 bits per heavy atom. The van der Waals surface area contributed by atoms with E-state index in [4.69, 9.17) is 15.0 Å². The predicted molar refractivity (Wildman–Crippen MR) is 91.6 cm³/mol. The molecule has 7 heteroatoms. The molecular formula is C14H10Br2N2O2S. The third-order valence-electron chi connectivity index (χ3n) is 3.00. The average molecular weight is 430 g/mol. The van der Waals surface area contributed by atoms with Crippen molar-refractivity contribution in [1.82, 2.24) is 5.16 Å². The van der Waals surface area contributed by atoms with Crippen LogP contribution in [0, 0.1) is 0 Å². The fraction of sp³-hybridized carbons (Fsp3) is 0.0714. The Balaban J connectivity index is 2.14. The van der Waals surface area contributed by atoms with Crippen LogP contribution in [-0.4, -0.2) is 12.3 Å². The van der Waals surface area contributed by atoms with E-state index in [2.05, 4.69) is 37.0 Å². The van der Waals surface area contributed by atoms with Gasteiger partial charge in [-0.3, -0.25) is 0 Å². The average Bonchev–Trinajstić information content (AvgIpc) is 3.01. The number of hydrogen-bond acceptors (Lipinski definition) is 5. The number of benzene rings is 1. The van der Waals surface area contributed by atoms with Crippen LogP contribution in [0.4, 0.5) is 5.82 Å². The molecule has 0 amide bonds. The zero-order valence-corrected chi connectivity index (χ0v) is 14.9. The van der Waals surface area contributed by atoms with E-state index in [1.165, 1.54) is 0 Å². The summed E-state index contributed by atoms with van der Waals surface area (Å²) < 4.78 is 12.6. The highest BCUT2D eigenvalue weighted by Crippen LogP contribution is 2.44. The lowest BCUT2D eigenvalue weighted by atomic mass is 10.0. The summed E-state index contributed by atoms with van der Waals surface area (Å²) in [4.78, 5) is 0. The first-order chi connectivity index (χ1) is 10.1. The quantitative estimate of drug-likeness (QED) is 0.622. The third-order valence-corrected chi connectivity index (χ3v) is 5.34. The third kappa shape index (κ3) is 2.73. The van der Waals surface area contributed by atoms with Crippen LogP contribution in [0.1, 0.15) is 0 Å². The van der Waals surface area contributed by atoms with Gasteiger partial charge in [0.1, 0.15) is 5.75 Å². The molecule has 0 aliphatic carbocycles. The number of rotatable bonds is 3. The molecule has 2 N–H and O–H groups in total. The number of nitrogen functional groups attached to an aromatic ring is 1. The minimum Gasteiger partial charge on any atom is -0.497 e. The number of halogens is 2. The minimum absolute atomic E-state index is 0.365. The second-order valence-corrected chi connectivity index (χ2v) is 7.99. The first-order valence-electron chi connectivity index (χ1n) is 5.95. The second-order valence-electron chi connectivity index (χ2n) is 4.24. The molecule has 2 aromatic heterocycles. The van der Waals surface area contributed by atoms with Crippen LogP contribution in [0.25, 0.3) is 22.5 Å². The Labute approximate surface area is 142 Å². The molecule has 3 aromatic rings. The van der Waals surface area contributed by atoms with E-state index < -0.39 is 0 Å². The first kappa shape index (κ1) is 14.6. The number of anilines is 1. The van der Waals surface area contributed by atoms with E-state index in [-0.39, 0.29) is 0 Å². The van der Waals surface area contributed by atoms with Crippen molar-refractivity contribution in [2.24, 2.45) is 0 Å². The van der Waals surface area contributed by atoms with E-state index >= 15 is 0 Å². The maximum Gasteiger partial charge on any atom is 0.178 e. The summed E-state index contributed by atoms with van der Waals surface area (Å²) in [6.45, 7) is 0. The van der Waals surface area contributed by atoms with Crippen molar-refractivity contribution in [2.45, 2.75) is 0 Å². The summed E-state index contributed by atoms with van der Waals surface area (Å²) in [6.07, 6.45) is 0. The Bertz CT molecular complexity index is 781. The smallest absolute Gasteiger partial charge is 0.178 e. The summed E-state index contributed by atoms with van der Waals surface area (Å²) in [7, 11) is 1.63. The maximum atomic E-state index is 5.98. The molecule has 0 aliphatic heterocycles. The van der Waals surface area contributed by atoms with Crippen LogP contribution >= 0.6 is 43.2 Å². The molecule has 1 aromatic carbocycles. The molecule has 0 atom stereocenters. The van der Waals surface area contributed by atoms with Crippen molar-refractivity contribution in [2.75, 3.05) is 12.8 Å². The zero-order valence-electron chi connectivity index (χ0n) is 10.9. The topological polar surface area (TPSA) is 61.3 Å². The van der Waals surface area contributed by atoms with E-state index in [0.717, 1.165) is 30.0 Å². The molecule has 21 heavy (non-hydrogen) atoms. The molecule has 0 saturated heterocycles. The molecule has 108 valence electrons. The highest BCUT2D eigenvalue weighted by atomic mass is 79.9. The summed E-state index contributed by atoms with van der Waals surface area (Å²) in [6, 6.07) is 9.59. The van der Waals surface area contributed by atoms with Crippen molar-refractivity contribution < 1.29 is 9.26 Å². The van der Waals surface area contributed by atoms with Crippen LogP contribution < -0.4 is 10.5 Å². The van der Waals surface area contributed by atoms with Gasteiger partial charge in [-0.05, 0) is 55.6 Å². The Kier molecular flexibility index (Phi) is 4.05. The number of methoxy groups -OCH3 is 1. The number of hydrogen-bond donors (Lipinski definition) is 1. The van der Waals surface area contributed by atoms with Gasteiger partial charge in [-0.25, -0.2) is 0 Å². The van der Waals surface area contributed by atoms with Gasteiger partial charge in [0.15, 0.2) is 11.6 Å². The molecular weight excluding hydrogens is 420 g/mol. The zero-order chi connectivity index (χ0) is 15.0. The molecule has 2 heterocycles. The van der Waals surface area contributed by atoms with E-state index in [1.54, 1.807) is 18.4 Å². The molecule has 0 bridgehead atoms. The molecule has 0 spiro atoms. The Morgan fingerprint density at radius 3 is 2.52 bits per heavy atom. The van der Waals surface area contributed by atoms with Gasteiger partial charge in [0.05, 0.1) is 20.2 Å². The Hall–Kier alpha value is -1.31. The van der Waals surface area contributed by atoms with Crippen LogP contribution in [0.3, 0.4) is 0 Å². The fourth-order valence-corrected chi connectivity index (χ4v) is 4.81. The van der Waals surface area contributed by atoms with Crippen molar-refractivity contribution in [3.05, 3.63) is 37.9 Å². The molecule has 0 saturated carbocycles. The van der Waals surface area contributed by atoms with Crippen molar-refractivity contribution in [3.8, 4) is 28.2 Å². The molecule has 0 aliphatic rings. The summed E-state index contributed by atoms with van der Waals surface area (Å²) in [5, 5.41) is 3.90. The number of nitrogens with two attached hydrogens (primary N) is 1. The van der Waals surface area contributed by atoms with Gasteiger partial charge in [-0.15, -0.1) is 11.3 Å². The van der Waals surface area contributed by atoms with E-state index in [9.17, 15) is 0 Å². The molecule has 4 nitrogen and oxygen atoms in total. The van der Waals surface area contributed by atoms with Crippen molar-refractivity contribution in [3.63, 3.8) is 0 Å². The van der Waals surface area contributed by atoms with Gasteiger partial charge in [-0.1, -0.05) is 17.3 Å². The normalized spacial score (nSPS) is 10.8. The lowest BCUT2D eigenvalue weighted by Gasteiger charge is -2.04. The van der Waals surface area contributed by atoms with Gasteiger partial charge >= 0.3 is 0 Å². The largest absolute Gasteiger partial charge is 0.497 e. The summed E-state index contributed by atoms with van der Waals surface area (Å²) in [5.74, 6) is 1.80. The number of nitrogens with zero attached hydrogens (tertiary/aromatic N) is 1. The minimum atomic E-state index is 0.365. The van der Waals surface area contributed by atoms with E-state index in [1.807, 2.05) is 30.3 Å². The highest BCUT2D eigenvalue weighted by Gasteiger charge is 2.21. The maximum absolute atomic E-state index is 5.98. The van der Waals surface area contributed by atoms with Crippen LogP contribution in [0.5, 0.6) is 5.75 Å². The SMILES string of the molecule is COc1ccc(-c2c(N)noc2-c2cc(Br)sc2Br)cc1. The van der Waals surface area contributed by atoms with Gasteiger partial charge < -0.3 is 15.0 Å². The standard InChI is InChI=1S/C14H10Br2N2O2S/c1-19-8-4-2-7(3-5-8)11-12(20-18-14(11)17)9-6-10(15)21-13(9)16/h2-6H,1H3,(H2,17,18). The van der Waals surface area contributed by atoms with Gasteiger partial charge in [-0.2, -0.15) is 0 Å². The van der Waals surface area contributed by atoms with Gasteiger partial charge in [0.2, 0.25) is 0 Å². The monoisotopic (exact) mass is 428 g/mol. The number of ether oxygens (including phenoxy) is 1. The van der Waals surface area contributed by atoms with Gasteiger partial charge in [0.25, 0.3) is 0 Å². The highest BCUT2D eigenvalue weighted by molar-refractivity contribution is 9.12. The lowest BCUT2D eigenvalue weighted by Crippen LogP contribution is -1.89. The predicted octanol–water partition coefficient (Wildman–Crippen LogP) is 5.19. The molecule has 0 fully saturated rings. The fourth-order valence-electron chi connectivity index (χ4n) is 2.02. The van der Waals surface area contributed by atoms with Crippen molar-refractivity contribution >= 4 is 49.0 Å². The van der Waals surface area contributed by atoms with Crippen LogP contribution in [0.15, 0.2) is 42.4 Å².